The van der Waals surface area contributed by atoms with Crippen molar-refractivity contribution in [1.82, 2.24) is 0 Å². The molecular formula is C25H32N2O3. The minimum Gasteiger partial charge on any atom is -0.496 e. The number of hydrogen-bond acceptors (Lipinski definition) is 5. The maximum absolute atomic E-state index is 11.7. The van der Waals surface area contributed by atoms with Crippen molar-refractivity contribution in [2.45, 2.75) is 52.5 Å². The number of esters is 1. The van der Waals surface area contributed by atoms with Crippen molar-refractivity contribution in [3.05, 3.63) is 52.6 Å². The van der Waals surface area contributed by atoms with E-state index in [1.165, 1.54) is 18.4 Å². The molecule has 0 spiro atoms. The molecule has 160 valence electrons. The lowest BCUT2D eigenvalue weighted by Crippen LogP contribution is -2.48. The zero-order valence-electron chi connectivity index (χ0n) is 19.1. The van der Waals surface area contributed by atoms with Crippen LogP contribution < -0.4 is 9.64 Å². The van der Waals surface area contributed by atoms with Gasteiger partial charge in [0, 0.05) is 35.6 Å². The molecule has 0 amide bonds. The third kappa shape index (κ3) is 4.07. The van der Waals surface area contributed by atoms with Crippen LogP contribution in [0, 0.1) is 6.92 Å². The number of aliphatic imine (C=N–C) groups is 1. The second-order valence-electron chi connectivity index (χ2n) is 8.57. The molecule has 0 aromatic heterocycles. The maximum Gasteiger partial charge on any atom is 0.337 e. The lowest BCUT2D eigenvalue weighted by molar-refractivity contribution is 0.0600. The van der Waals surface area contributed by atoms with Crippen LogP contribution in [-0.4, -0.2) is 38.5 Å². The molecule has 1 heterocycles. The summed E-state index contributed by atoms with van der Waals surface area (Å²) < 4.78 is 10.5. The lowest BCUT2D eigenvalue weighted by atomic mass is 9.79. The Bertz CT molecular complexity index is 979. The Hall–Kier alpha value is -2.82. The molecule has 0 radical (unpaired) electrons. The van der Waals surface area contributed by atoms with E-state index in [2.05, 4.69) is 49.7 Å². The number of ether oxygens (including phenoxy) is 2. The van der Waals surface area contributed by atoms with E-state index in [-0.39, 0.29) is 11.5 Å². The van der Waals surface area contributed by atoms with Crippen LogP contribution in [0.5, 0.6) is 5.75 Å². The predicted molar refractivity (Wildman–Crippen MR) is 123 cm³/mol. The molecule has 1 aliphatic heterocycles. The summed E-state index contributed by atoms with van der Waals surface area (Å²) in [6.45, 7) is 12.0. The summed E-state index contributed by atoms with van der Waals surface area (Å²) in [5, 5.41) is 0. The maximum atomic E-state index is 11.7. The van der Waals surface area contributed by atoms with Crippen molar-refractivity contribution in [2.24, 2.45) is 4.99 Å². The predicted octanol–water partition coefficient (Wildman–Crippen LogP) is 5.65. The van der Waals surface area contributed by atoms with Gasteiger partial charge in [0.05, 0.1) is 25.5 Å². The summed E-state index contributed by atoms with van der Waals surface area (Å²) in [6.07, 6.45) is 2.95. The van der Waals surface area contributed by atoms with Crippen LogP contribution in [0.25, 0.3) is 0 Å². The number of aryl methyl sites for hydroxylation is 1. The van der Waals surface area contributed by atoms with Gasteiger partial charge in [-0.05, 0) is 75.4 Å². The highest BCUT2D eigenvalue weighted by Gasteiger charge is 2.36. The molecule has 5 heteroatoms. The Morgan fingerprint density at radius 3 is 2.60 bits per heavy atom. The van der Waals surface area contributed by atoms with E-state index in [1.54, 1.807) is 19.2 Å². The van der Waals surface area contributed by atoms with Crippen molar-refractivity contribution >= 4 is 23.6 Å². The second kappa shape index (κ2) is 8.50. The number of carbonyl (C=O) groups is 1. The van der Waals surface area contributed by atoms with Gasteiger partial charge in [-0.15, -0.1) is 0 Å². The molecule has 1 aliphatic rings. The molecular weight excluding hydrogens is 376 g/mol. The summed E-state index contributed by atoms with van der Waals surface area (Å²) >= 11 is 0. The van der Waals surface area contributed by atoms with E-state index < -0.39 is 0 Å². The van der Waals surface area contributed by atoms with Crippen LogP contribution in [-0.2, 0) is 4.74 Å². The van der Waals surface area contributed by atoms with Gasteiger partial charge in [-0.2, -0.15) is 0 Å². The van der Waals surface area contributed by atoms with E-state index in [9.17, 15) is 4.79 Å². The Balaban J connectivity index is 2.00. The normalized spacial score (nSPS) is 17.7. The Kier molecular flexibility index (Phi) is 6.20. The summed E-state index contributed by atoms with van der Waals surface area (Å²) in [4.78, 5) is 18.9. The quantitative estimate of drug-likeness (QED) is 0.474. The third-order valence-electron chi connectivity index (χ3n) is 6.01. The Labute approximate surface area is 179 Å². The average Bonchev–Trinajstić information content (AvgIpc) is 2.71. The van der Waals surface area contributed by atoms with Gasteiger partial charge in [-0.1, -0.05) is 6.92 Å². The number of carbonyl (C=O) groups excluding carboxylic acids is 1. The van der Waals surface area contributed by atoms with Crippen LogP contribution >= 0.6 is 0 Å². The molecule has 0 N–H and O–H groups in total. The van der Waals surface area contributed by atoms with Gasteiger partial charge < -0.3 is 14.4 Å². The van der Waals surface area contributed by atoms with Gasteiger partial charge in [0.15, 0.2) is 0 Å². The van der Waals surface area contributed by atoms with Crippen molar-refractivity contribution in [3.63, 3.8) is 0 Å². The molecule has 5 nitrogen and oxygen atoms in total. The number of rotatable bonds is 5. The molecule has 0 saturated carbocycles. The fourth-order valence-electron chi connectivity index (χ4n) is 4.59. The van der Waals surface area contributed by atoms with Gasteiger partial charge in [0.1, 0.15) is 5.75 Å². The topological polar surface area (TPSA) is 51.1 Å². The summed E-state index contributed by atoms with van der Waals surface area (Å²) in [6, 6.07) is 9.72. The minimum atomic E-state index is -0.345. The molecule has 1 unspecified atom stereocenters. The second-order valence-corrected chi connectivity index (χ2v) is 8.57. The molecule has 2 aromatic rings. The van der Waals surface area contributed by atoms with Gasteiger partial charge in [-0.3, -0.25) is 4.99 Å². The first-order chi connectivity index (χ1) is 14.2. The smallest absolute Gasteiger partial charge is 0.337 e. The van der Waals surface area contributed by atoms with Crippen LogP contribution in [0.2, 0.25) is 0 Å². The van der Waals surface area contributed by atoms with Crippen LogP contribution in [0.4, 0.5) is 11.4 Å². The minimum absolute atomic E-state index is 0.111. The highest BCUT2D eigenvalue weighted by Crippen LogP contribution is 2.45. The van der Waals surface area contributed by atoms with Gasteiger partial charge >= 0.3 is 5.97 Å². The number of hydrogen-bond donors (Lipinski definition) is 0. The molecule has 0 aliphatic carbocycles. The number of benzene rings is 2. The van der Waals surface area contributed by atoms with Gasteiger partial charge in [0.2, 0.25) is 0 Å². The first-order valence-corrected chi connectivity index (χ1v) is 10.4. The molecule has 0 fully saturated rings. The van der Waals surface area contributed by atoms with E-state index in [0.717, 1.165) is 35.5 Å². The zero-order chi connectivity index (χ0) is 22.1. The van der Waals surface area contributed by atoms with Crippen LogP contribution in [0.3, 0.4) is 0 Å². The van der Waals surface area contributed by atoms with Crippen molar-refractivity contribution in [1.29, 1.82) is 0 Å². The molecule has 3 rings (SSSR count). The molecule has 30 heavy (non-hydrogen) atoms. The number of methoxy groups -OCH3 is 2. The lowest BCUT2D eigenvalue weighted by Gasteiger charge is -2.47. The number of fused-ring (bicyclic) bond motifs is 1. The monoisotopic (exact) mass is 408 g/mol. The van der Waals surface area contributed by atoms with E-state index in [1.807, 2.05) is 19.2 Å². The summed E-state index contributed by atoms with van der Waals surface area (Å²) in [5.74, 6) is 0.920. The summed E-state index contributed by atoms with van der Waals surface area (Å²) in [5.41, 5.74) is 5.89. The number of nitrogens with zero attached hydrogens (tertiary/aromatic N) is 2. The van der Waals surface area contributed by atoms with Gasteiger partial charge in [-0.25, -0.2) is 4.79 Å². The fraction of sp³-hybridized carbons (Fsp3) is 0.440. The molecule has 1 atom stereocenters. The average molecular weight is 409 g/mol. The van der Waals surface area contributed by atoms with Crippen molar-refractivity contribution in [3.8, 4) is 5.75 Å². The fourth-order valence-corrected chi connectivity index (χ4v) is 4.59. The standard InChI is InChI=1S/C25H32N2O3/c1-8-27-22-13-23(29-6)19(12-20(22)17(3)14-25(27,4)5)15-26-21-10-9-18(11-16(21)2)24(28)30-7/h9-13,15,17H,8,14H2,1-7H3. The van der Waals surface area contributed by atoms with Crippen LogP contribution in [0.1, 0.15) is 67.1 Å². The summed E-state index contributed by atoms with van der Waals surface area (Å²) in [7, 11) is 3.08. The first-order valence-electron chi connectivity index (χ1n) is 10.4. The SMILES string of the molecule is CCN1c2cc(OC)c(C=Nc3ccc(C(=O)OC)cc3C)cc2C(C)CC1(C)C. The first kappa shape index (κ1) is 21.9. The molecule has 2 aromatic carbocycles. The highest BCUT2D eigenvalue weighted by molar-refractivity contribution is 5.91. The molecule has 0 saturated heterocycles. The Morgan fingerprint density at radius 1 is 1.27 bits per heavy atom. The van der Waals surface area contributed by atoms with Crippen molar-refractivity contribution < 1.29 is 14.3 Å². The number of anilines is 1. The van der Waals surface area contributed by atoms with E-state index in [0.29, 0.717) is 11.5 Å². The van der Waals surface area contributed by atoms with Crippen LogP contribution in [0.15, 0.2) is 35.3 Å². The zero-order valence-corrected chi connectivity index (χ0v) is 19.1. The van der Waals surface area contributed by atoms with Gasteiger partial charge in [0.25, 0.3) is 0 Å². The van der Waals surface area contributed by atoms with E-state index in [4.69, 9.17) is 9.47 Å². The third-order valence-corrected chi connectivity index (χ3v) is 6.01. The molecule has 0 bridgehead atoms. The highest BCUT2D eigenvalue weighted by atomic mass is 16.5. The largest absolute Gasteiger partial charge is 0.496 e. The Morgan fingerprint density at radius 2 is 2.00 bits per heavy atom. The van der Waals surface area contributed by atoms with Crippen molar-refractivity contribution in [2.75, 3.05) is 25.7 Å². The van der Waals surface area contributed by atoms with E-state index >= 15 is 0 Å².